The molecule has 0 aromatic heterocycles. The molecule has 1 saturated carbocycles. The van der Waals surface area contributed by atoms with Crippen molar-refractivity contribution in [3.05, 3.63) is 30.3 Å². The molecule has 0 heterocycles. The molecule has 2 unspecified atom stereocenters. The Labute approximate surface area is 114 Å². The molecule has 1 aliphatic carbocycles. The molecule has 1 fully saturated rings. The van der Waals surface area contributed by atoms with Crippen LogP contribution in [0.25, 0.3) is 0 Å². The van der Waals surface area contributed by atoms with Crippen LogP contribution in [0.1, 0.15) is 19.3 Å². The lowest BCUT2D eigenvalue weighted by Gasteiger charge is -2.29. The van der Waals surface area contributed by atoms with Gasteiger partial charge in [-0.25, -0.2) is 0 Å². The van der Waals surface area contributed by atoms with Gasteiger partial charge >= 0.3 is 0 Å². The molecular formula is C15H22N2O2. The van der Waals surface area contributed by atoms with Crippen molar-refractivity contribution in [2.24, 2.45) is 11.7 Å². The van der Waals surface area contributed by atoms with Crippen LogP contribution < -0.4 is 10.5 Å². The van der Waals surface area contributed by atoms with Crippen LogP contribution in [0.3, 0.4) is 0 Å². The summed E-state index contributed by atoms with van der Waals surface area (Å²) in [6.07, 6.45) is 3.33. The van der Waals surface area contributed by atoms with Gasteiger partial charge in [-0.1, -0.05) is 24.6 Å². The number of carbonyl (C=O) groups is 1. The predicted octanol–water partition coefficient (Wildman–Crippen LogP) is 1.65. The molecule has 0 aliphatic heterocycles. The van der Waals surface area contributed by atoms with Crippen LogP contribution in [-0.4, -0.2) is 37.0 Å². The summed E-state index contributed by atoms with van der Waals surface area (Å²) in [5.41, 5.74) is 5.76. The second-order valence-electron chi connectivity index (χ2n) is 5.10. The summed E-state index contributed by atoms with van der Waals surface area (Å²) in [7, 11) is 1.86. The minimum absolute atomic E-state index is 0.0224. The summed E-state index contributed by atoms with van der Waals surface area (Å²) in [5.74, 6) is 1.19. The highest BCUT2D eigenvalue weighted by Gasteiger charge is 2.31. The fraction of sp³-hybridized carbons (Fsp3) is 0.533. The van der Waals surface area contributed by atoms with Crippen molar-refractivity contribution in [3.8, 4) is 5.75 Å². The van der Waals surface area contributed by atoms with Gasteiger partial charge in [0.2, 0.25) is 0 Å². The molecule has 104 valence electrons. The number of nitrogens with two attached hydrogens (primary N) is 1. The lowest BCUT2D eigenvalue weighted by molar-refractivity contribution is -0.134. The SMILES string of the molecule is CN(C(=O)COc1ccccc1)C1CCCC1CN. The zero-order valence-corrected chi connectivity index (χ0v) is 11.4. The van der Waals surface area contributed by atoms with Crippen LogP contribution in [-0.2, 0) is 4.79 Å². The topological polar surface area (TPSA) is 55.6 Å². The summed E-state index contributed by atoms with van der Waals surface area (Å²) in [6.45, 7) is 0.746. The third-order valence-corrected chi connectivity index (χ3v) is 3.92. The van der Waals surface area contributed by atoms with E-state index in [1.54, 1.807) is 0 Å². The van der Waals surface area contributed by atoms with Crippen molar-refractivity contribution in [2.45, 2.75) is 25.3 Å². The standard InChI is InChI=1S/C15H22N2O2/c1-17(14-9-5-6-12(14)10-16)15(18)11-19-13-7-3-2-4-8-13/h2-4,7-8,12,14H,5-6,9-11,16H2,1H3. The van der Waals surface area contributed by atoms with Crippen LogP contribution in [0.4, 0.5) is 0 Å². The molecule has 2 N–H and O–H groups in total. The van der Waals surface area contributed by atoms with Gasteiger partial charge in [-0.05, 0) is 37.4 Å². The minimum Gasteiger partial charge on any atom is -0.484 e. The van der Waals surface area contributed by atoms with Crippen LogP contribution in [0.15, 0.2) is 30.3 Å². The summed E-state index contributed by atoms with van der Waals surface area (Å²) in [4.78, 5) is 13.9. The minimum atomic E-state index is 0.0224. The fourth-order valence-electron chi connectivity index (χ4n) is 2.75. The molecular weight excluding hydrogens is 240 g/mol. The highest BCUT2D eigenvalue weighted by atomic mass is 16.5. The lowest BCUT2D eigenvalue weighted by atomic mass is 10.0. The van der Waals surface area contributed by atoms with E-state index in [2.05, 4.69) is 0 Å². The second-order valence-corrected chi connectivity index (χ2v) is 5.10. The van der Waals surface area contributed by atoms with E-state index in [-0.39, 0.29) is 18.6 Å². The van der Waals surface area contributed by atoms with Crippen LogP contribution in [0, 0.1) is 5.92 Å². The Morgan fingerprint density at radius 2 is 2.11 bits per heavy atom. The van der Waals surface area contributed by atoms with E-state index in [0.717, 1.165) is 25.0 Å². The van der Waals surface area contributed by atoms with E-state index >= 15 is 0 Å². The Morgan fingerprint density at radius 1 is 1.37 bits per heavy atom. The fourth-order valence-corrected chi connectivity index (χ4v) is 2.75. The van der Waals surface area contributed by atoms with Crippen molar-refractivity contribution in [1.82, 2.24) is 4.90 Å². The van der Waals surface area contributed by atoms with Gasteiger partial charge in [-0.3, -0.25) is 4.79 Å². The highest BCUT2D eigenvalue weighted by molar-refractivity contribution is 5.77. The van der Waals surface area contributed by atoms with Crippen LogP contribution in [0.5, 0.6) is 5.75 Å². The quantitative estimate of drug-likeness (QED) is 0.878. The number of likely N-dealkylation sites (N-methyl/N-ethyl adjacent to an activating group) is 1. The van der Waals surface area contributed by atoms with Gasteiger partial charge in [0.25, 0.3) is 5.91 Å². The van der Waals surface area contributed by atoms with Gasteiger partial charge in [0.15, 0.2) is 6.61 Å². The number of amides is 1. The second kappa shape index (κ2) is 6.57. The molecule has 19 heavy (non-hydrogen) atoms. The van der Waals surface area contributed by atoms with E-state index in [4.69, 9.17) is 10.5 Å². The van der Waals surface area contributed by atoms with Crippen molar-refractivity contribution >= 4 is 5.91 Å². The summed E-state index contributed by atoms with van der Waals surface area (Å²) in [6, 6.07) is 9.69. The average Bonchev–Trinajstić information content (AvgIpc) is 2.93. The van der Waals surface area contributed by atoms with E-state index in [0.29, 0.717) is 12.5 Å². The number of nitrogens with zero attached hydrogens (tertiary/aromatic N) is 1. The first-order valence-electron chi connectivity index (χ1n) is 6.86. The van der Waals surface area contributed by atoms with Gasteiger partial charge in [-0.2, -0.15) is 0 Å². The number of carbonyl (C=O) groups excluding carboxylic acids is 1. The van der Waals surface area contributed by atoms with E-state index in [9.17, 15) is 4.79 Å². The Hall–Kier alpha value is -1.55. The maximum atomic E-state index is 12.1. The predicted molar refractivity (Wildman–Crippen MR) is 74.9 cm³/mol. The van der Waals surface area contributed by atoms with Crippen molar-refractivity contribution in [1.29, 1.82) is 0 Å². The number of hydrogen-bond donors (Lipinski definition) is 1. The van der Waals surface area contributed by atoms with Crippen molar-refractivity contribution < 1.29 is 9.53 Å². The monoisotopic (exact) mass is 262 g/mol. The van der Waals surface area contributed by atoms with E-state index in [1.807, 2.05) is 42.3 Å². The molecule has 0 saturated heterocycles. The third kappa shape index (κ3) is 3.47. The maximum absolute atomic E-state index is 12.1. The third-order valence-electron chi connectivity index (χ3n) is 3.92. The molecule has 0 bridgehead atoms. The number of benzene rings is 1. The molecule has 4 heteroatoms. The van der Waals surface area contributed by atoms with Gasteiger partial charge in [-0.15, -0.1) is 0 Å². The first kappa shape index (κ1) is 13.9. The van der Waals surface area contributed by atoms with Crippen molar-refractivity contribution in [3.63, 3.8) is 0 Å². The number of para-hydroxylation sites is 1. The molecule has 0 radical (unpaired) electrons. The Morgan fingerprint density at radius 3 is 2.79 bits per heavy atom. The van der Waals surface area contributed by atoms with Gasteiger partial charge in [0, 0.05) is 13.1 Å². The van der Waals surface area contributed by atoms with Gasteiger partial charge in [0.05, 0.1) is 0 Å². The molecule has 4 nitrogen and oxygen atoms in total. The average molecular weight is 262 g/mol. The number of ether oxygens (including phenoxy) is 1. The molecule has 1 aromatic rings. The van der Waals surface area contributed by atoms with Crippen LogP contribution >= 0.6 is 0 Å². The summed E-state index contributed by atoms with van der Waals surface area (Å²) < 4.78 is 5.49. The first-order chi connectivity index (χ1) is 9.22. The first-order valence-corrected chi connectivity index (χ1v) is 6.86. The van der Waals surface area contributed by atoms with E-state index < -0.39 is 0 Å². The number of rotatable bonds is 5. The summed E-state index contributed by atoms with van der Waals surface area (Å²) >= 11 is 0. The van der Waals surface area contributed by atoms with Crippen molar-refractivity contribution in [2.75, 3.05) is 20.2 Å². The smallest absolute Gasteiger partial charge is 0.260 e. The Bertz CT molecular complexity index is 408. The summed E-state index contributed by atoms with van der Waals surface area (Å²) in [5, 5.41) is 0. The Kier molecular flexibility index (Phi) is 4.80. The molecule has 1 aromatic carbocycles. The molecule has 1 amide bonds. The highest BCUT2D eigenvalue weighted by Crippen LogP contribution is 2.28. The largest absolute Gasteiger partial charge is 0.484 e. The lowest BCUT2D eigenvalue weighted by Crippen LogP contribution is -2.43. The molecule has 1 aliphatic rings. The molecule has 0 spiro atoms. The number of hydrogen-bond acceptors (Lipinski definition) is 3. The van der Waals surface area contributed by atoms with Gasteiger partial charge < -0.3 is 15.4 Å². The zero-order chi connectivity index (χ0) is 13.7. The molecule has 2 atom stereocenters. The molecule has 2 rings (SSSR count). The Balaban J connectivity index is 1.85. The normalized spacial score (nSPS) is 22.2. The van der Waals surface area contributed by atoms with Crippen LogP contribution in [0.2, 0.25) is 0 Å². The van der Waals surface area contributed by atoms with Gasteiger partial charge in [0.1, 0.15) is 5.75 Å². The zero-order valence-electron chi connectivity index (χ0n) is 11.4. The maximum Gasteiger partial charge on any atom is 0.260 e. The van der Waals surface area contributed by atoms with E-state index in [1.165, 1.54) is 0 Å².